The van der Waals surface area contributed by atoms with E-state index in [4.69, 9.17) is 5.73 Å². The molecule has 0 amide bonds. The molecule has 2 atom stereocenters. The minimum Gasteiger partial charge on any atom is -0.383 e. The Balaban J connectivity index is 2.02. The zero-order valence-corrected chi connectivity index (χ0v) is 10.3. The molecule has 0 radical (unpaired) electrons. The first kappa shape index (κ1) is 10.6. The Kier molecular flexibility index (Phi) is 2.54. The molecule has 0 saturated heterocycles. The van der Waals surface area contributed by atoms with Crippen LogP contribution in [0.25, 0.3) is 10.9 Å². The second-order valence-corrected chi connectivity index (χ2v) is 5.28. The topological polar surface area (TPSA) is 43.8 Å². The van der Waals surface area contributed by atoms with Gasteiger partial charge < -0.3 is 10.3 Å². The Morgan fingerprint density at radius 1 is 1.35 bits per heavy atom. The van der Waals surface area contributed by atoms with Crippen LogP contribution in [0.2, 0.25) is 0 Å². The molecule has 1 fully saturated rings. The summed E-state index contributed by atoms with van der Waals surface area (Å²) in [5, 5.41) is 1.09. The predicted molar refractivity (Wildman–Crippen MR) is 70.8 cm³/mol. The van der Waals surface area contributed by atoms with Crippen LogP contribution in [0.3, 0.4) is 0 Å². The van der Waals surface area contributed by atoms with Crippen molar-refractivity contribution in [1.82, 2.24) is 9.55 Å². The standard InChI is InChI=1S/C14H19N3/c1-10-3-2-4-11(9-10)17-8-6-12-13(17)5-7-16-14(12)15/h5-8,10-11H,2-4,9H2,1H3,(H2,15,16). The van der Waals surface area contributed by atoms with Gasteiger partial charge in [-0.15, -0.1) is 0 Å². The van der Waals surface area contributed by atoms with Crippen molar-refractivity contribution in [3.05, 3.63) is 24.5 Å². The minimum absolute atomic E-state index is 0.637. The van der Waals surface area contributed by atoms with E-state index in [9.17, 15) is 0 Å². The number of hydrogen-bond donors (Lipinski definition) is 1. The van der Waals surface area contributed by atoms with Gasteiger partial charge in [-0.2, -0.15) is 0 Å². The van der Waals surface area contributed by atoms with Gasteiger partial charge in [-0.1, -0.05) is 19.8 Å². The number of pyridine rings is 1. The molecule has 2 heterocycles. The number of nitrogens with two attached hydrogens (primary N) is 1. The number of fused-ring (bicyclic) bond motifs is 1. The van der Waals surface area contributed by atoms with Crippen LogP contribution in [-0.4, -0.2) is 9.55 Å². The van der Waals surface area contributed by atoms with Crippen molar-refractivity contribution in [3.8, 4) is 0 Å². The fraction of sp³-hybridized carbons (Fsp3) is 0.500. The summed E-state index contributed by atoms with van der Waals surface area (Å²) in [7, 11) is 0. The maximum absolute atomic E-state index is 5.90. The number of nitrogen functional groups attached to an aromatic ring is 1. The van der Waals surface area contributed by atoms with Gasteiger partial charge in [0.2, 0.25) is 0 Å². The third kappa shape index (κ3) is 1.79. The van der Waals surface area contributed by atoms with Crippen molar-refractivity contribution in [2.45, 2.75) is 38.6 Å². The normalized spacial score (nSPS) is 25.2. The van der Waals surface area contributed by atoms with E-state index in [1.54, 1.807) is 6.20 Å². The van der Waals surface area contributed by atoms with Gasteiger partial charge in [0, 0.05) is 23.8 Å². The summed E-state index contributed by atoms with van der Waals surface area (Å²) in [5.74, 6) is 1.48. The molecule has 3 heteroatoms. The van der Waals surface area contributed by atoms with Crippen LogP contribution in [0.1, 0.15) is 38.6 Å². The van der Waals surface area contributed by atoms with E-state index in [0.29, 0.717) is 11.9 Å². The Hall–Kier alpha value is -1.51. The van der Waals surface area contributed by atoms with Crippen LogP contribution >= 0.6 is 0 Å². The molecular weight excluding hydrogens is 210 g/mol. The fourth-order valence-corrected chi connectivity index (χ4v) is 3.08. The summed E-state index contributed by atoms with van der Waals surface area (Å²) in [6, 6.07) is 4.81. The van der Waals surface area contributed by atoms with Crippen molar-refractivity contribution in [2.24, 2.45) is 5.92 Å². The van der Waals surface area contributed by atoms with Crippen LogP contribution in [0.5, 0.6) is 0 Å². The number of nitrogens with zero attached hydrogens (tertiary/aromatic N) is 2. The van der Waals surface area contributed by atoms with Gasteiger partial charge in [-0.25, -0.2) is 4.98 Å². The molecule has 0 bridgehead atoms. The molecule has 0 aliphatic heterocycles. The highest BCUT2D eigenvalue weighted by molar-refractivity contribution is 5.89. The molecule has 3 nitrogen and oxygen atoms in total. The van der Waals surface area contributed by atoms with Gasteiger partial charge in [0.25, 0.3) is 0 Å². The van der Waals surface area contributed by atoms with E-state index >= 15 is 0 Å². The van der Waals surface area contributed by atoms with Crippen molar-refractivity contribution < 1.29 is 0 Å². The van der Waals surface area contributed by atoms with E-state index in [1.807, 2.05) is 0 Å². The second-order valence-electron chi connectivity index (χ2n) is 5.28. The molecule has 2 unspecified atom stereocenters. The lowest BCUT2D eigenvalue weighted by molar-refractivity contribution is 0.287. The molecule has 0 aromatic carbocycles. The van der Waals surface area contributed by atoms with E-state index in [2.05, 4.69) is 34.8 Å². The Morgan fingerprint density at radius 3 is 3.06 bits per heavy atom. The summed E-state index contributed by atoms with van der Waals surface area (Å²) in [4.78, 5) is 4.15. The van der Waals surface area contributed by atoms with E-state index in [-0.39, 0.29) is 0 Å². The third-order valence-electron chi connectivity index (χ3n) is 3.98. The van der Waals surface area contributed by atoms with Gasteiger partial charge >= 0.3 is 0 Å². The highest BCUT2D eigenvalue weighted by atomic mass is 15.0. The zero-order valence-electron chi connectivity index (χ0n) is 10.3. The number of anilines is 1. The molecule has 1 aliphatic rings. The van der Waals surface area contributed by atoms with Crippen molar-refractivity contribution in [3.63, 3.8) is 0 Å². The lowest BCUT2D eigenvalue weighted by Gasteiger charge is -2.28. The first-order valence-electron chi connectivity index (χ1n) is 6.46. The summed E-state index contributed by atoms with van der Waals surface area (Å²) < 4.78 is 2.39. The van der Waals surface area contributed by atoms with E-state index < -0.39 is 0 Å². The highest BCUT2D eigenvalue weighted by Crippen LogP contribution is 2.35. The average Bonchev–Trinajstić information content (AvgIpc) is 2.74. The summed E-state index contributed by atoms with van der Waals surface area (Å²) in [6.07, 6.45) is 9.26. The van der Waals surface area contributed by atoms with Gasteiger partial charge in [0.1, 0.15) is 5.82 Å². The Labute approximate surface area is 102 Å². The quantitative estimate of drug-likeness (QED) is 0.814. The molecule has 1 aliphatic carbocycles. The molecule has 3 rings (SSSR count). The van der Waals surface area contributed by atoms with Crippen LogP contribution in [0.4, 0.5) is 5.82 Å². The number of aromatic nitrogens is 2. The van der Waals surface area contributed by atoms with Crippen LogP contribution in [-0.2, 0) is 0 Å². The minimum atomic E-state index is 0.637. The maximum Gasteiger partial charge on any atom is 0.132 e. The third-order valence-corrected chi connectivity index (χ3v) is 3.98. The first-order valence-corrected chi connectivity index (χ1v) is 6.46. The van der Waals surface area contributed by atoms with E-state index in [1.165, 1.54) is 31.2 Å². The smallest absolute Gasteiger partial charge is 0.132 e. The van der Waals surface area contributed by atoms with Crippen molar-refractivity contribution in [2.75, 3.05) is 5.73 Å². The van der Waals surface area contributed by atoms with Crippen LogP contribution in [0, 0.1) is 5.92 Å². The largest absolute Gasteiger partial charge is 0.383 e. The molecule has 1 saturated carbocycles. The molecular formula is C14H19N3. The van der Waals surface area contributed by atoms with E-state index in [0.717, 1.165) is 11.3 Å². The molecule has 90 valence electrons. The van der Waals surface area contributed by atoms with Crippen LogP contribution < -0.4 is 5.73 Å². The van der Waals surface area contributed by atoms with Gasteiger partial charge in [-0.3, -0.25) is 0 Å². The van der Waals surface area contributed by atoms with Gasteiger partial charge in [0.15, 0.2) is 0 Å². The van der Waals surface area contributed by atoms with Crippen molar-refractivity contribution >= 4 is 16.7 Å². The maximum atomic E-state index is 5.90. The van der Waals surface area contributed by atoms with Gasteiger partial charge in [0.05, 0.1) is 5.52 Å². The number of hydrogen-bond acceptors (Lipinski definition) is 2. The molecule has 2 aromatic rings. The van der Waals surface area contributed by atoms with Gasteiger partial charge in [-0.05, 0) is 30.9 Å². The average molecular weight is 229 g/mol. The molecule has 2 N–H and O–H groups in total. The van der Waals surface area contributed by atoms with Crippen molar-refractivity contribution in [1.29, 1.82) is 0 Å². The molecule has 2 aromatic heterocycles. The summed E-state index contributed by atoms with van der Waals surface area (Å²) in [6.45, 7) is 2.35. The number of rotatable bonds is 1. The summed E-state index contributed by atoms with van der Waals surface area (Å²) in [5.41, 5.74) is 7.13. The first-order chi connectivity index (χ1) is 8.25. The SMILES string of the molecule is CC1CCCC(n2ccc3c(N)nccc32)C1. The predicted octanol–water partition coefficient (Wildman–Crippen LogP) is 3.37. The second kappa shape index (κ2) is 4.06. The lowest BCUT2D eigenvalue weighted by atomic mass is 9.87. The summed E-state index contributed by atoms with van der Waals surface area (Å²) >= 11 is 0. The monoisotopic (exact) mass is 229 g/mol. The van der Waals surface area contributed by atoms with Crippen LogP contribution in [0.15, 0.2) is 24.5 Å². The lowest BCUT2D eigenvalue weighted by Crippen LogP contribution is -2.16. The fourth-order valence-electron chi connectivity index (χ4n) is 3.08. The molecule has 0 spiro atoms. The zero-order chi connectivity index (χ0) is 11.8. The highest BCUT2D eigenvalue weighted by Gasteiger charge is 2.21. The molecule has 17 heavy (non-hydrogen) atoms. The Bertz CT molecular complexity index is 529. The Morgan fingerprint density at radius 2 is 2.24 bits per heavy atom.